The van der Waals surface area contributed by atoms with E-state index in [-0.39, 0.29) is 11.7 Å². The molecular formula is C10H19NO3S2. The van der Waals surface area contributed by atoms with E-state index in [2.05, 4.69) is 12.2 Å². The van der Waals surface area contributed by atoms with E-state index in [0.29, 0.717) is 24.1 Å². The van der Waals surface area contributed by atoms with E-state index in [9.17, 15) is 8.42 Å². The summed E-state index contributed by atoms with van der Waals surface area (Å²) in [5, 5.41) is 3.35. The van der Waals surface area contributed by atoms with Crippen molar-refractivity contribution >= 4 is 27.2 Å². The van der Waals surface area contributed by atoms with Gasteiger partial charge in [0, 0.05) is 6.54 Å². The molecule has 1 atom stereocenters. The number of nitrogens with one attached hydrogen (secondary N) is 1. The van der Waals surface area contributed by atoms with E-state index >= 15 is 0 Å². The molecule has 1 aliphatic heterocycles. The highest BCUT2D eigenvalue weighted by Crippen LogP contribution is 2.17. The molecular weight excluding hydrogens is 246 g/mol. The highest BCUT2D eigenvalue weighted by molar-refractivity contribution is 7.91. The summed E-state index contributed by atoms with van der Waals surface area (Å²) < 4.78 is 27.7. The molecule has 1 rings (SSSR count). The molecule has 4 nitrogen and oxygen atoms in total. The highest BCUT2D eigenvalue weighted by atomic mass is 32.2. The summed E-state index contributed by atoms with van der Waals surface area (Å²) in [7, 11) is -2.79. The van der Waals surface area contributed by atoms with Gasteiger partial charge in [-0.05, 0) is 31.0 Å². The average Bonchev–Trinajstić information content (AvgIpc) is 2.56. The first-order valence-corrected chi connectivity index (χ1v) is 7.87. The van der Waals surface area contributed by atoms with Crippen molar-refractivity contribution in [2.24, 2.45) is 5.92 Å². The molecule has 0 aromatic carbocycles. The monoisotopic (exact) mass is 265 g/mol. The van der Waals surface area contributed by atoms with E-state index in [1.807, 2.05) is 0 Å². The minimum Gasteiger partial charge on any atom is -0.471 e. The quantitative estimate of drug-likeness (QED) is 0.596. The van der Waals surface area contributed by atoms with E-state index in [1.54, 1.807) is 0 Å². The fraction of sp³-hybridized carbons (Fsp3) is 0.900. The summed E-state index contributed by atoms with van der Waals surface area (Å²) in [5.74, 6) is 0.762. The van der Waals surface area contributed by atoms with Gasteiger partial charge < -0.3 is 10.1 Å². The zero-order valence-corrected chi connectivity index (χ0v) is 11.2. The number of unbranched alkanes of at least 4 members (excludes halogenated alkanes) is 1. The molecule has 1 saturated heterocycles. The van der Waals surface area contributed by atoms with Gasteiger partial charge in [-0.2, -0.15) is 0 Å². The zero-order chi connectivity index (χ0) is 12.0. The van der Waals surface area contributed by atoms with Crippen LogP contribution < -0.4 is 5.32 Å². The molecule has 6 heteroatoms. The van der Waals surface area contributed by atoms with Crippen LogP contribution in [0.5, 0.6) is 0 Å². The Morgan fingerprint density at radius 2 is 2.31 bits per heavy atom. The molecule has 0 aromatic heterocycles. The fourth-order valence-electron chi connectivity index (χ4n) is 1.62. The zero-order valence-electron chi connectivity index (χ0n) is 9.57. The minimum atomic E-state index is -2.79. The molecule has 0 radical (unpaired) electrons. The molecule has 1 fully saturated rings. The van der Waals surface area contributed by atoms with Crippen LogP contribution in [-0.4, -0.2) is 38.2 Å². The normalized spacial score (nSPS) is 22.9. The first kappa shape index (κ1) is 13.7. The largest absolute Gasteiger partial charge is 0.471 e. The second-order valence-corrected chi connectivity index (χ2v) is 6.74. The van der Waals surface area contributed by atoms with Gasteiger partial charge in [0.05, 0.1) is 18.1 Å². The molecule has 0 aliphatic carbocycles. The van der Waals surface area contributed by atoms with Crippen LogP contribution in [0.15, 0.2) is 0 Å². The Kier molecular flexibility index (Phi) is 5.48. The second-order valence-electron chi connectivity index (χ2n) is 4.14. The lowest BCUT2D eigenvalue weighted by atomic mass is 10.1. The summed E-state index contributed by atoms with van der Waals surface area (Å²) in [5.41, 5.74) is 0. The van der Waals surface area contributed by atoms with Crippen LogP contribution in [-0.2, 0) is 14.6 Å². The lowest BCUT2D eigenvalue weighted by molar-refractivity contribution is 0.289. The predicted octanol–water partition coefficient (Wildman–Crippen LogP) is 1.11. The van der Waals surface area contributed by atoms with Crippen molar-refractivity contribution < 1.29 is 13.2 Å². The SMILES string of the molecule is CCCCOC(=S)NCC1CCS(=O)(=O)C1. The number of rotatable bonds is 5. The topological polar surface area (TPSA) is 55.4 Å². The summed E-state index contributed by atoms with van der Waals surface area (Å²) in [6.45, 7) is 3.32. The first-order chi connectivity index (χ1) is 7.53. The van der Waals surface area contributed by atoms with Gasteiger partial charge >= 0.3 is 0 Å². The van der Waals surface area contributed by atoms with E-state index in [4.69, 9.17) is 17.0 Å². The molecule has 0 aromatic rings. The molecule has 0 saturated carbocycles. The van der Waals surface area contributed by atoms with E-state index in [0.717, 1.165) is 19.3 Å². The Hall–Kier alpha value is -0.360. The maximum Gasteiger partial charge on any atom is 0.256 e. The molecule has 1 N–H and O–H groups in total. The molecule has 0 amide bonds. The lowest BCUT2D eigenvalue weighted by Gasteiger charge is -2.12. The van der Waals surface area contributed by atoms with E-state index in [1.165, 1.54) is 0 Å². The standard InChI is InChI=1S/C10H19NO3S2/c1-2-3-5-14-10(15)11-7-9-4-6-16(12,13)8-9/h9H,2-8H2,1H3,(H,11,15). The molecule has 1 heterocycles. The average molecular weight is 265 g/mol. The van der Waals surface area contributed by atoms with Crippen molar-refractivity contribution in [1.29, 1.82) is 0 Å². The van der Waals surface area contributed by atoms with Crippen LogP contribution in [0.4, 0.5) is 0 Å². The second kappa shape index (κ2) is 6.39. The molecule has 1 unspecified atom stereocenters. The van der Waals surface area contributed by atoms with Gasteiger partial charge in [0.15, 0.2) is 9.84 Å². The van der Waals surface area contributed by atoms with Gasteiger partial charge in [0.2, 0.25) is 0 Å². The summed E-state index contributed by atoms with van der Waals surface area (Å²) >= 11 is 4.98. The number of hydrogen-bond acceptors (Lipinski definition) is 4. The van der Waals surface area contributed by atoms with Gasteiger partial charge in [-0.25, -0.2) is 8.42 Å². The lowest BCUT2D eigenvalue weighted by Crippen LogP contribution is -2.30. The Morgan fingerprint density at radius 1 is 1.56 bits per heavy atom. The van der Waals surface area contributed by atoms with Crippen molar-refractivity contribution in [3.05, 3.63) is 0 Å². The molecule has 0 spiro atoms. The van der Waals surface area contributed by atoms with Crippen molar-refractivity contribution in [2.45, 2.75) is 26.2 Å². The van der Waals surface area contributed by atoms with E-state index < -0.39 is 9.84 Å². The smallest absolute Gasteiger partial charge is 0.256 e. The Balaban J connectivity index is 2.13. The molecule has 0 bridgehead atoms. The molecule has 16 heavy (non-hydrogen) atoms. The van der Waals surface area contributed by atoms with Gasteiger partial charge in [0.25, 0.3) is 5.17 Å². The van der Waals surface area contributed by atoms with Crippen molar-refractivity contribution in [1.82, 2.24) is 5.32 Å². The number of ether oxygens (including phenoxy) is 1. The summed E-state index contributed by atoms with van der Waals surface area (Å²) in [6, 6.07) is 0. The highest BCUT2D eigenvalue weighted by Gasteiger charge is 2.27. The first-order valence-electron chi connectivity index (χ1n) is 5.64. The fourth-order valence-corrected chi connectivity index (χ4v) is 3.65. The van der Waals surface area contributed by atoms with Crippen LogP contribution in [0.2, 0.25) is 0 Å². The molecule has 94 valence electrons. The number of thiocarbonyl (C=S) groups is 1. The third-order valence-corrected chi connectivity index (χ3v) is 4.69. The van der Waals surface area contributed by atoms with Crippen LogP contribution in [0.1, 0.15) is 26.2 Å². The third kappa shape index (κ3) is 5.12. The maximum absolute atomic E-state index is 11.2. The predicted molar refractivity (Wildman–Crippen MR) is 68.2 cm³/mol. The summed E-state index contributed by atoms with van der Waals surface area (Å²) in [6.07, 6.45) is 2.79. The van der Waals surface area contributed by atoms with Crippen LogP contribution in [0.25, 0.3) is 0 Å². The third-order valence-electron chi connectivity index (χ3n) is 2.59. The van der Waals surface area contributed by atoms with Crippen LogP contribution >= 0.6 is 12.2 Å². The van der Waals surface area contributed by atoms with Crippen LogP contribution in [0, 0.1) is 5.92 Å². The Bertz CT molecular complexity index is 327. The number of sulfone groups is 1. The van der Waals surface area contributed by atoms with Crippen LogP contribution in [0.3, 0.4) is 0 Å². The Morgan fingerprint density at radius 3 is 2.88 bits per heavy atom. The molecule has 1 aliphatic rings. The van der Waals surface area contributed by atoms with Gasteiger partial charge in [-0.15, -0.1) is 0 Å². The van der Waals surface area contributed by atoms with Gasteiger partial charge in [-0.1, -0.05) is 13.3 Å². The maximum atomic E-state index is 11.2. The minimum absolute atomic E-state index is 0.178. The Labute approximate surface area is 103 Å². The number of hydrogen-bond donors (Lipinski definition) is 1. The van der Waals surface area contributed by atoms with Crippen molar-refractivity contribution in [3.8, 4) is 0 Å². The van der Waals surface area contributed by atoms with Gasteiger partial charge in [0.1, 0.15) is 0 Å². The summed E-state index contributed by atoms with van der Waals surface area (Å²) in [4.78, 5) is 0. The van der Waals surface area contributed by atoms with Crippen molar-refractivity contribution in [2.75, 3.05) is 24.7 Å². The van der Waals surface area contributed by atoms with Crippen molar-refractivity contribution in [3.63, 3.8) is 0 Å². The van der Waals surface area contributed by atoms with Gasteiger partial charge in [-0.3, -0.25) is 0 Å².